The Labute approximate surface area is 140 Å². The highest BCUT2D eigenvalue weighted by Crippen LogP contribution is 2.31. The number of ether oxygens (including phenoxy) is 2. The van der Waals surface area contributed by atoms with Crippen molar-refractivity contribution in [1.82, 2.24) is 9.97 Å². The highest BCUT2D eigenvalue weighted by atomic mass is 16.5. The number of imidazole rings is 1. The molecule has 0 aliphatic heterocycles. The summed E-state index contributed by atoms with van der Waals surface area (Å²) in [6.45, 7) is 4.19. The summed E-state index contributed by atoms with van der Waals surface area (Å²) < 4.78 is 10.5. The minimum absolute atomic E-state index is 0.0679. The lowest BCUT2D eigenvalue weighted by Crippen LogP contribution is -2.05. The number of H-pyrrole nitrogens is 1. The summed E-state index contributed by atoms with van der Waals surface area (Å²) in [5, 5.41) is 0. The van der Waals surface area contributed by atoms with Gasteiger partial charge in [0.05, 0.1) is 24.8 Å². The smallest absolute Gasteiger partial charge is 0.340 e. The van der Waals surface area contributed by atoms with E-state index in [1.165, 1.54) is 0 Å². The van der Waals surface area contributed by atoms with Gasteiger partial charge in [-0.2, -0.15) is 0 Å². The van der Waals surface area contributed by atoms with Crippen molar-refractivity contribution in [2.45, 2.75) is 19.8 Å². The van der Waals surface area contributed by atoms with E-state index < -0.39 is 0 Å². The van der Waals surface area contributed by atoms with E-state index in [0.29, 0.717) is 29.0 Å². The van der Waals surface area contributed by atoms with Gasteiger partial charge < -0.3 is 14.5 Å². The molecule has 0 spiro atoms. The van der Waals surface area contributed by atoms with Gasteiger partial charge in [0.2, 0.25) is 0 Å². The van der Waals surface area contributed by atoms with Gasteiger partial charge in [0.1, 0.15) is 17.1 Å². The predicted molar refractivity (Wildman–Crippen MR) is 92.6 cm³/mol. The van der Waals surface area contributed by atoms with Crippen molar-refractivity contribution in [3.63, 3.8) is 0 Å². The number of esters is 1. The molecule has 1 aromatic heterocycles. The second-order valence-corrected chi connectivity index (χ2v) is 5.51. The van der Waals surface area contributed by atoms with Gasteiger partial charge >= 0.3 is 5.97 Å². The number of rotatable bonds is 5. The topological polar surface area (TPSA) is 64.2 Å². The number of aromatic nitrogens is 2. The van der Waals surface area contributed by atoms with Crippen LogP contribution in [0.15, 0.2) is 42.5 Å². The third-order valence-corrected chi connectivity index (χ3v) is 4.05. The molecule has 0 fully saturated rings. The van der Waals surface area contributed by atoms with E-state index in [-0.39, 0.29) is 11.9 Å². The van der Waals surface area contributed by atoms with Crippen LogP contribution >= 0.6 is 0 Å². The van der Waals surface area contributed by atoms with Crippen LogP contribution in [0.3, 0.4) is 0 Å². The molecule has 1 heterocycles. The first-order valence-electron chi connectivity index (χ1n) is 7.94. The van der Waals surface area contributed by atoms with Gasteiger partial charge in [-0.25, -0.2) is 9.78 Å². The Morgan fingerprint density at radius 3 is 2.62 bits per heavy atom. The molecule has 1 atom stereocenters. The molecule has 3 aromatic rings. The summed E-state index contributed by atoms with van der Waals surface area (Å²) in [6, 6.07) is 13.5. The lowest BCUT2D eigenvalue weighted by atomic mass is 10.0. The number of carbonyl (C=O) groups is 1. The summed E-state index contributed by atoms with van der Waals surface area (Å²) in [6.07, 6.45) is 0. The van der Waals surface area contributed by atoms with E-state index in [1.807, 2.05) is 18.2 Å². The van der Waals surface area contributed by atoms with E-state index in [2.05, 4.69) is 29.0 Å². The molecule has 0 amide bonds. The van der Waals surface area contributed by atoms with Crippen LogP contribution in [0.25, 0.3) is 11.0 Å². The summed E-state index contributed by atoms with van der Waals surface area (Å²) in [4.78, 5) is 20.2. The second-order valence-electron chi connectivity index (χ2n) is 5.51. The SMILES string of the molecule is CCOC(=O)c1ccc(OC)c2nc(C(C)c3ccccc3)[nH]c12. The average molecular weight is 324 g/mol. The van der Waals surface area contributed by atoms with Gasteiger partial charge in [-0.05, 0) is 24.6 Å². The van der Waals surface area contributed by atoms with Crippen molar-refractivity contribution in [1.29, 1.82) is 0 Å². The molecule has 1 unspecified atom stereocenters. The van der Waals surface area contributed by atoms with Crippen molar-refractivity contribution < 1.29 is 14.3 Å². The molecule has 3 rings (SSSR count). The van der Waals surface area contributed by atoms with Crippen LogP contribution in [-0.4, -0.2) is 29.7 Å². The maximum absolute atomic E-state index is 12.2. The van der Waals surface area contributed by atoms with Gasteiger partial charge in [0, 0.05) is 5.92 Å². The molecule has 1 N–H and O–H groups in total. The Morgan fingerprint density at radius 2 is 1.96 bits per heavy atom. The molecule has 5 nitrogen and oxygen atoms in total. The van der Waals surface area contributed by atoms with E-state index in [4.69, 9.17) is 9.47 Å². The van der Waals surface area contributed by atoms with Crippen molar-refractivity contribution in [3.05, 3.63) is 59.4 Å². The zero-order valence-electron chi connectivity index (χ0n) is 14.0. The summed E-state index contributed by atoms with van der Waals surface area (Å²) in [5.41, 5.74) is 2.89. The predicted octanol–water partition coefficient (Wildman–Crippen LogP) is 3.90. The molecule has 0 aliphatic carbocycles. The third kappa shape index (κ3) is 2.85. The minimum atomic E-state index is -0.368. The molecular weight excluding hydrogens is 304 g/mol. The van der Waals surface area contributed by atoms with Gasteiger partial charge in [-0.15, -0.1) is 0 Å². The number of methoxy groups -OCH3 is 1. The van der Waals surface area contributed by atoms with E-state index >= 15 is 0 Å². The van der Waals surface area contributed by atoms with Crippen LogP contribution in [0.4, 0.5) is 0 Å². The highest BCUT2D eigenvalue weighted by molar-refractivity contribution is 6.03. The first-order chi connectivity index (χ1) is 11.7. The first-order valence-corrected chi connectivity index (χ1v) is 7.94. The highest BCUT2D eigenvalue weighted by Gasteiger charge is 2.20. The molecule has 24 heavy (non-hydrogen) atoms. The number of carbonyl (C=O) groups excluding carboxylic acids is 1. The van der Waals surface area contributed by atoms with Crippen molar-refractivity contribution in [3.8, 4) is 5.75 Å². The van der Waals surface area contributed by atoms with Gasteiger partial charge in [0.15, 0.2) is 0 Å². The van der Waals surface area contributed by atoms with Gasteiger partial charge in [-0.3, -0.25) is 0 Å². The van der Waals surface area contributed by atoms with Gasteiger partial charge in [0.25, 0.3) is 0 Å². The standard InChI is InChI=1S/C19H20N2O3/c1-4-24-19(22)14-10-11-15(23-3)17-16(14)20-18(21-17)12(2)13-8-6-5-7-9-13/h5-12H,4H2,1-3H3,(H,20,21). The Bertz CT molecular complexity index is 856. The Morgan fingerprint density at radius 1 is 1.21 bits per heavy atom. The van der Waals surface area contributed by atoms with Crippen molar-refractivity contribution in [2.24, 2.45) is 0 Å². The number of fused-ring (bicyclic) bond motifs is 1. The van der Waals surface area contributed by atoms with Gasteiger partial charge in [-0.1, -0.05) is 37.3 Å². The second kappa shape index (κ2) is 6.74. The zero-order valence-corrected chi connectivity index (χ0v) is 14.0. The maximum Gasteiger partial charge on any atom is 0.340 e. The number of hydrogen-bond donors (Lipinski definition) is 1. The number of nitrogens with zero attached hydrogens (tertiary/aromatic N) is 1. The van der Waals surface area contributed by atoms with Crippen molar-refractivity contribution >= 4 is 17.0 Å². The lowest BCUT2D eigenvalue weighted by molar-refractivity contribution is 0.0528. The fourth-order valence-corrected chi connectivity index (χ4v) is 2.73. The first kappa shape index (κ1) is 16.1. The van der Waals surface area contributed by atoms with E-state index in [1.54, 1.807) is 26.2 Å². The molecule has 0 saturated heterocycles. The molecule has 0 radical (unpaired) electrons. The van der Waals surface area contributed by atoms with E-state index in [9.17, 15) is 4.79 Å². The quantitative estimate of drug-likeness (QED) is 0.723. The van der Waals surface area contributed by atoms with Crippen LogP contribution < -0.4 is 4.74 Å². The molecular formula is C19H20N2O3. The zero-order chi connectivity index (χ0) is 17.1. The van der Waals surface area contributed by atoms with Crippen LogP contribution in [0.5, 0.6) is 5.75 Å². The molecule has 0 aliphatic rings. The summed E-state index contributed by atoms with van der Waals surface area (Å²) in [5.74, 6) is 1.11. The molecule has 2 aromatic carbocycles. The van der Waals surface area contributed by atoms with Crippen LogP contribution in [0, 0.1) is 0 Å². The lowest BCUT2D eigenvalue weighted by Gasteiger charge is -2.08. The number of benzene rings is 2. The summed E-state index contributed by atoms with van der Waals surface area (Å²) >= 11 is 0. The normalized spacial score (nSPS) is 12.1. The number of aromatic amines is 1. The Hall–Kier alpha value is -2.82. The Kier molecular flexibility index (Phi) is 4.51. The van der Waals surface area contributed by atoms with E-state index in [0.717, 1.165) is 11.4 Å². The number of hydrogen-bond acceptors (Lipinski definition) is 4. The van der Waals surface area contributed by atoms with Crippen LogP contribution in [0.2, 0.25) is 0 Å². The fraction of sp³-hybridized carbons (Fsp3) is 0.263. The number of nitrogens with one attached hydrogen (secondary N) is 1. The average Bonchev–Trinajstić information content (AvgIpc) is 3.06. The largest absolute Gasteiger partial charge is 0.494 e. The molecule has 0 bridgehead atoms. The molecule has 0 saturated carbocycles. The van der Waals surface area contributed by atoms with Crippen molar-refractivity contribution in [2.75, 3.05) is 13.7 Å². The molecule has 124 valence electrons. The third-order valence-electron chi connectivity index (χ3n) is 4.05. The van der Waals surface area contributed by atoms with Crippen LogP contribution in [-0.2, 0) is 4.74 Å². The Balaban J connectivity index is 2.11. The molecule has 5 heteroatoms. The monoisotopic (exact) mass is 324 g/mol. The fourth-order valence-electron chi connectivity index (χ4n) is 2.73. The minimum Gasteiger partial charge on any atom is -0.494 e. The van der Waals surface area contributed by atoms with Crippen LogP contribution in [0.1, 0.15) is 41.5 Å². The maximum atomic E-state index is 12.2. The summed E-state index contributed by atoms with van der Waals surface area (Å²) in [7, 11) is 1.59.